The second-order valence-electron chi connectivity index (χ2n) is 14.2. The van der Waals surface area contributed by atoms with Gasteiger partial charge in [-0.15, -0.1) is 0 Å². The summed E-state index contributed by atoms with van der Waals surface area (Å²) >= 11 is 0. The molecule has 2 atom stereocenters. The minimum absolute atomic E-state index is 0.102. The Morgan fingerprint density at radius 1 is 0.638 bits per heavy atom. The van der Waals surface area contributed by atoms with E-state index in [2.05, 4.69) is 37.3 Å². The summed E-state index contributed by atoms with van der Waals surface area (Å²) in [6.45, 7) is 2.32. The summed E-state index contributed by atoms with van der Waals surface area (Å²) in [7, 11) is 0. The maximum Gasteiger partial charge on any atom is 0.0504 e. The van der Waals surface area contributed by atoms with E-state index in [-0.39, 0.29) is 12.1 Å². The van der Waals surface area contributed by atoms with Gasteiger partial charge in [0.25, 0.3) is 0 Å². The van der Waals surface area contributed by atoms with Crippen molar-refractivity contribution >= 4 is 12.2 Å². The molecular formula is C43H58N4. The summed E-state index contributed by atoms with van der Waals surface area (Å²) in [4.78, 5) is 0. The van der Waals surface area contributed by atoms with Crippen LogP contribution in [0, 0.1) is 17.8 Å². The van der Waals surface area contributed by atoms with Crippen LogP contribution in [0.5, 0.6) is 0 Å². The van der Waals surface area contributed by atoms with E-state index in [0.29, 0.717) is 5.92 Å². The lowest BCUT2D eigenvalue weighted by molar-refractivity contribution is 0.155. The summed E-state index contributed by atoms with van der Waals surface area (Å²) in [6.07, 6.45) is 33.1. The van der Waals surface area contributed by atoms with Crippen LogP contribution >= 0.6 is 0 Å². The van der Waals surface area contributed by atoms with Crippen molar-refractivity contribution in [2.45, 2.75) is 102 Å². The normalized spacial score (nSPS) is 29.2. The van der Waals surface area contributed by atoms with Gasteiger partial charge in [-0.05, 0) is 114 Å². The molecule has 4 aliphatic carbocycles. The fraction of sp³-hybridized carbons (Fsp3) is 0.442. The van der Waals surface area contributed by atoms with Crippen molar-refractivity contribution in [1.82, 2.24) is 0 Å². The molecule has 0 amide bonds. The molecule has 4 aliphatic rings. The Labute approximate surface area is 284 Å². The molecule has 2 aromatic rings. The van der Waals surface area contributed by atoms with E-state index >= 15 is 0 Å². The Bertz CT molecular complexity index is 1460. The van der Waals surface area contributed by atoms with Crippen molar-refractivity contribution in [3.05, 3.63) is 130 Å². The molecule has 2 unspecified atom stereocenters. The van der Waals surface area contributed by atoms with Gasteiger partial charge in [0.2, 0.25) is 0 Å². The molecule has 0 aromatic heterocycles. The van der Waals surface area contributed by atoms with Crippen LogP contribution in [0.2, 0.25) is 0 Å². The zero-order chi connectivity index (χ0) is 33.0. The van der Waals surface area contributed by atoms with Gasteiger partial charge >= 0.3 is 0 Å². The third-order valence-corrected chi connectivity index (χ3v) is 10.9. The first-order chi connectivity index (χ1) is 22.9. The van der Waals surface area contributed by atoms with E-state index in [4.69, 9.17) is 22.9 Å². The third kappa shape index (κ3) is 9.95. The van der Waals surface area contributed by atoms with Gasteiger partial charge in [0.05, 0.1) is 12.1 Å². The van der Waals surface area contributed by atoms with Crippen LogP contribution in [0.25, 0.3) is 12.2 Å². The maximum absolute atomic E-state index is 6.25. The summed E-state index contributed by atoms with van der Waals surface area (Å²) in [5.74, 6) is 3.72. The number of unbranched alkanes of at least 4 members (excludes halogenated alkanes) is 2. The number of benzene rings is 2. The van der Waals surface area contributed by atoms with Crippen LogP contribution in [0.15, 0.2) is 114 Å². The lowest BCUT2D eigenvalue weighted by atomic mass is 9.68. The quantitative estimate of drug-likeness (QED) is 0.218. The average molecular weight is 631 g/mol. The van der Waals surface area contributed by atoms with Gasteiger partial charge in [0.1, 0.15) is 0 Å². The third-order valence-electron chi connectivity index (χ3n) is 10.9. The maximum atomic E-state index is 6.25. The Kier molecular flexibility index (Phi) is 12.9. The van der Waals surface area contributed by atoms with Gasteiger partial charge in [-0.25, -0.2) is 0 Å². The Hall–Kier alpha value is -3.60. The fourth-order valence-corrected chi connectivity index (χ4v) is 8.07. The molecule has 0 spiro atoms. The van der Waals surface area contributed by atoms with Crippen molar-refractivity contribution in [2.24, 2.45) is 40.7 Å². The fourth-order valence-electron chi connectivity index (χ4n) is 8.07. The zero-order valence-corrected chi connectivity index (χ0v) is 28.6. The van der Waals surface area contributed by atoms with E-state index in [1.807, 2.05) is 72.9 Å². The molecule has 0 aliphatic heterocycles. The number of nitrogens with two attached hydrogens (primary N) is 4. The molecule has 4 heteroatoms. The van der Waals surface area contributed by atoms with Crippen LogP contribution in [-0.2, 0) is 0 Å². The minimum atomic E-state index is -0.110. The number of allylic oxidation sites excluding steroid dienone is 4. The van der Waals surface area contributed by atoms with Crippen molar-refractivity contribution in [1.29, 1.82) is 0 Å². The molecular weight excluding hydrogens is 573 g/mol. The Balaban J connectivity index is 0.000000241. The molecule has 0 radical (unpaired) electrons. The second kappa shape index (κ2) is 17.5. The minimum Gasteiger partial charge on any atom is -0.398 e. The lowest BCUT2D eigenvalue weighted by Gasteiger charge is -2.38. The van der Waals surface area contributed by atoms with Gasteiger partial charge in [0, 0.05) is 11.4 Å². The number of hydrogen-bond acceptors (Lipinski definition) is 4. The average Bonchev–Trinajstić information content (AvgIpc) is 3.10. The van der Waals surface area contributed by atoms with Crippen LogP contribution in [0.4, 0.5) is 0 Å². The molecule has 0 heterocycles. The van der Waals surface area contributed by atoms with E-state index < -0.39 is 0 Å². The largest absolute Gasteiger partial charge is 0.398 e. The van der Waals surface area contributed by atoms with Crippen LogP contribution in [0.1, 0.15) is 107 Å². The van der Waals surface area contributed by atoms with Crippen LogP contribution < -0.4 is 22.9 Å². The van der Waals surface area contributed by atoms with E-state index in [1.54, 1.807) is 0 Å². The highest BCUT2D eigenvalue weighted by Gasteiger charge is 2.31. The predicted octanol–water partition coefficient (Wildman–Crippen LogP) is 9.28. The molecule has 0 bridgehead atoms. The van der Waals surface area contributed by atoms with Gasteiger partial charge in [-0.1, -0.05) is 124 Å². The molecule has 8 N–H and O–H groups in total. The second-order valence-corrected chi connectivity index (χ2v) is 14.2. The van der Waals surface area contributed by atoms with Crippen molar-refractivity contribution < 1.29 is 0 Å². The molecule has 0 saturated heterocycles. The standard InChI is InChI=1S/C30H44N2.C13H14N2/c1-2-3-4-7-22-12-14-24(15-13-22)25-16-18-26(19-17-25)27-9-5-8-23(20-27)21-28-29(31)10-6-11-30(28)32;14-12-7-4-8-13(15)11(12)9-10-5-2-1-3-6-10/h5-6,8-11,20-22,24-26,29H,2-4,7,12-19,31-32H2,1H3;1-9,12H,14-15H2. The highest BCUT2D eigenvalue weighted by atomic mass is 14.7. The monoisotopic (exact) mass is 630 g/mol. The smallest absolute Gasteiger partial charge is 0.0504 e. The SMILES string of the molecule is CCCCCC1CCC(C2CCC(c3cccc(C=C4C(N)=CC=CC4N)c3)CC2)CC1.NC1=CC=CC(N)C1=Cc1ccccc1. The summed E-state index contributed by atoms with van der Waals surface area (Å²) in [5, 5.41) is 0. The number of rotatable bonds is 8. The van der Waals surface area contributed by atoms with Crippen molar-refractivity contribution in [3.8, 4) is 0 Å². The van der Waals surface area contributed by atoms with Gasteiger partial charge in [-0.3, -0.25) is 0 Å². The number of hydrogen-bond donors (Lipinski definition) is 4. The van der Waals surface area contributed by atoms with Crippen molar-refractivity contribution in [3.63, 3.8) is 0 Å². The highest BCUT2D eigenvalue weighted by Crippen LogP contribution is 2.44. The van der Waals surface area contributed by atoms with Gasteiger partial charge in [-0.2, -0.15) is 0 Å². The zero-order valence-electron chi connectivity index (χ0n) is 28.6. The molecule has 47 heavy (non-hydrogen) atoms. The molecule has 2 aromatic carbocycles. The first-order valence-electron chi connectivity index (χ1n) is 18.3. The molecule has 6 rings (SSSR count). The van der Waals surface area contributed by atoms with E-state index in [9.17, 15) is 0 Å². The summed E-state index contributed by atoms with van der Waals surface area (Å²) < 4.78 is 0. The molecule has 2 saturated carbocycles. The Morgan fingerprint density at radius 3 is 1.77 bits per heavy atom. The van der Waals surface area contributed by atoms with E-state index in [0.717, 1.165) is 45.9 Å². The molecule has 250 valence electrons. The van der Waals surface area contributed by atoms with Crippen molar-refractivity contribution in [2.75, 3.05) is 0 Å². The van der Waals surface area contributed by atoms with E-state index in [1.165, 1.54) is 88.2 Å². The molecule has 2 fully saturated rings. The first kappa shape index (κ1) is 34.7. The predicted molar refractivity (Wildman–Crippen MR) is 202 cm³/mol. The summed E-state index contributed by atoms with van der Waals surface area (Å²) in [5.41, 5.74) is 31.6. The summed E-state index contributed by atoms with van der Waals surface area (Å²) in [6, 6.07) is 18.9. The van der Waals surface area contributed by atoms with Crippen LogP contribution in [-0.4, -0.2) is 12.1 Å². The lowest BCUT2D eigenvalue weighted by Crippen LogP contribution is -2.25. The van der Waals surface area contributed by atoms with Gasteiger partial charge < -0.3 is 22.9 Å². The highest BCUT2D eigenvalue weighted by molar-refractivity contribution is 5.63. The van der Waals surface area contributed by atoms with Crippen LogP contribution in [0.3, 0.4) is 0 Å². The first-order valence-corrected chi connectivity index (χ1v) is 18.3. The van der Waals surface area contributed by atoms with Gasteiger partial charge in [0.15, 0.2) is 0 Å². The topological polar surface area (TPSA) is 104 Å². The molecule has 4 nitrogen and oxygen atoms in total. The Morgan fingerprint density at radius 2 is 1.19 bits per heavy atom.